The fourth-order valence-corrected chi connectivity index (χ4v) is 3.93. The van der Waals surface area contributed by atoms with Crippen LogP contribution in [0.5, 0.6) is 5.75 Å². The van der Waals surface area contributed by atoms with Crippen molar-refractivity contribution >= 4 is 11.6 Å². The van der Waals surface area contributed by atoms with Crippen LogP contribution in [0.15, 0.2) is 67.0 Å². The van der Waals surface area contributed by atoms with Gasteiger partial charge < -0.3 is 19.7 Å². The molecule has 0 saturated carbocycles. The predicted octanol–water partition coefficient (Wildman–Crippen LogP) is 2.55. The molecular weight excluding hydrogens is 380 g/mol. The summed E-state index contributed by atoms with van der Waals surface area (Å²) in [7, 11) is 0. The summed E-state index contributed by atoms with van der Waals surface area (Å²) in [6.45, 7) is 2.45. The van der Waals surface area contributed by atoms with Crippen molar-refractivity contribution in [3.63, 3.8) is 0 Å². The van der Waals surface area contributed by atoms with E-state index in [1.54, 1.807) is 6.20 Å². The van der Waals surface area contributed by atoms with Crippen LogP contribution in [0.1, 0.15) is 12.0 Å². The largest absolute Gasteiger partial charge is 0.477 e. The Kier molecular flexibility index (Phi) is 5.11. The fraction of sp³-hybridized carbons (Fsp3) is 0.304. The van der Waals surface area contributed by atoms with Gasteiger partial charge in [0.15, 0.2) is 6.10 Å². The molecule has 2 aromatic carbocycles. The van der Waals surface area contributed by atoms with Gasteiger partial charge in [0.05, 0.1) is 30.6 Å². The molecule has 1 fully saturated rings. The van der Waals surface area contributed by atoms with Crippen molar-refractivity contribution in [3.05, 3.63) is 72.6 Å². The van der Waals surface area contributed by atoms with E-state index in [1.165, 1.54) is 0 Å². The Hall–Kier alpha value is -3.32. The van der Waals surface area contributed by atoms with Crippen molar-refractivity contribution in [1.29, 1.82) is 0 Å². The number of para-hydroxylation sites is 2. The van der Waals surface area contributed by atoms with E-state index in [2.05, 4.69) is 39.6 Å². The molecule has 7 heteroatoms. The topological polar surface area (TPSA) is 68.6 Å². The molecule has 2 unspecified atom stereocenters. The quantitative estimate of drug-likeness (QED) is 0.708. The number of hydrogen-bond donors (Lipinski definition) is 1. The number of aromatic nitrogens is 2. The first-order chi connectivity index (χ1) is 14.8. The first kappa shape index (κ1) is 18.7. The van der Waals surface area contributed by atoms with E-state index in [9.17, 15) is 4.79 Å². The van der Waals surface area contributed by atoms with Gasteiger partial charge >= 0.3 is 0 Å². The van der Waals surface area contributed by atoms with E-state index in [1.807, 2.05) is 41.2 Å². The average Bonchev–Trinajstić information content (AvgIpc) is 3.49. The highest BCUT2D eigenvalue weighted by Crippen LogP contribution is 2.34. The number of amides is 1. The summed E-state index contributed by atoms with van der Waals surface area (Å²) in [5, 5.41) is 7.33. The van der Waals surface area contributed by atoms with Crippen molar-refractivity contribution in [1.82, 2.24) is 15.1 Å². The van der Waals surface area contributed by atoms with Crippen LogP contribution in [0, 0.1) is 0 Å². The van der Waals surface area contributed by atoms with Crippen molar-refractivity contribution in [2.24, 2.45) is 0 Å². The molecule has 7 nitrogen and oxygen atoms in total. The zero-order valence-electron chi connectivity index (χ0n) is 16.6. The third kappa shape index (κ3) is 3.89. The van der Waals surface area contributed by atoms with Gasteiger partial charge in [0.25, 0.3) is 5.91 Å². The number of benzene rings is 2. The smallest absolute Gasteiger partial charge is 0.263 e. The fourth-order valence-electron chi connectivity index (χ4n) is 3.93. The molecule has 5 rings (SSSR count). The molecule has 1 aromatic heterocycles. The summed E-state index contributed by atoms with van der Waals surface area (Å²) < 4.78 is 13.2. The highest BCUT2D eigenvalue weighted by Gasteiger charge is 2.32. The van der Waals surface area contributed by atoms with Crippen LogP contribution in [0.2, 0.25) is 0 Å². The van der Waals surface area contributed by atoms with Crippen LogP contribution >= 0.6 is 0 Å². The summed E-state index contributed by atoms with van der Waals surface area (Å²) in [5.41, 5.74) is 3.18. The van der Waals surface area contributed by atoms with Crippen LogP contribution in [-0.4, -0.2) is 47.6 Å². The zero-order valence-corrected chi connectivity index (χ0v) is 16.6. The number of fused-ring (bicyclic) bond motifs is 1. The molecule has 1 amide bonds. The van der Waals surface area contributed by atoms with Gasteiger partial charge in [-0.3, -0.25) is 4.79 Å². The van der Waals surface area contributed by atoms with Gasteiger partial charge in [0, 0.05) is 25.5 Å². The van der Waals surface area contributed by atoms with Gasteiger partial charge in [-0.1, -0.05) is 24.3 Å². The third-order valence-corrected chi connectivity index (χ3v) is 5.51. The minimum Gasteiger partial charge on any atom is -0.477 e. The molecule has 3 heterocycles. The third-order valence-electron chi connectivity index (χ3n) is 5.51. The standard InChI is InChI=1S/C23H24N4O3/c28-23(25-18-10-13-29-16-18)22-15-26(20-4-1-2-5-21(20)30-22)14-17-6-8-19(9-7-17)27-12-3-11-24-27/h1-9,11-12,18,22H,10,13-16H2,(H,25,28). The van der Waals surface area contributed by atoms with E-state index >= 15 is 0 Å². The summed E-state index contributed by atoms with van der Waals surface area (Å²) >= 11 is 0. The maximum absolute atomic E-state index is 12.8. The van der Waals surface area contributed by atoms with Gasteiger partial charge in [0.1, 0.15) is 5.75 Å². The Morgan fingerprint density at radius 3 is 2.77 bits per heavy atom. The molecule has 154 valence electrons. The van der Waals surface area contributed by atoms with Crippen LogP contribution in [0.4, 0.5) is 5.69 Å². The number of nitrogens with one attached hydrogen (secondary N) is 1. The summed E-state index contributed by atoms with van der Waals surface area (Å²) in [6.07, 6.45) is 3.98. The number of ether oxygens (including phenoxy) is 2. The molecule has 1 saturated heterocycles. The maximum atomic E-state index is 12.8. The monoisotopic (exact) mass is 404 g/mol. The van der Waals surface area contributed by atoms with E-state index in [0.717, 1.165) is 29.1 Å². The Labute approximate surface area is 175 Å². The highest BCUT2D eigenvalue weighted by atomic mass is 16.5. The average molecular weight is 404 g/mol. The van der Waals surface area contributed by atoms with Gasteiger partial charge in [-0.15, -0.1) is 0 Å². The number of nitrogens with zero attached hydrogens (tertiary/aromatic N) is 3. The zero-order chi connectivity index (χ0) is 20.3. The molecule has 0 aliphatic carbocycles. The van der Waals surface area contributed by atoms with Crippen molar-refractivity contribution < 1.29 is 14.3 Å². The number of carbonyl (C=O) groups is 1. The number of anilines is 1. The molecule has 0 spiro atoms. The molecule has 2 aliphatic rings. The molecule has 2 atom stereocenters. The van der Waals surface area contributed by atoms with Gasteiger partial charge in [-0.25, -0.2) is 4.68 Å². The van der Waals surface area contributed by atoms with Crippen molar-refractivity contribution in [2.45, 2.75) is 25.1 Å². The van der Waals surface area contributed by atoms with Crippen LogP contribution in [-0.2, 0) is 16.1 Å². The lowest BCUT2D eigenvalue weighted by Crippen LogP contribution is -2.51. The Balaban J connectivity index is 1.33. The maximum Gasteiger partial charge on any atom is 0.263 e. The number of hydrogen-bond acceptors (Lipinski definition) is 5. The number of carbonyl (C=O) groups excluding carboxylic acids is 1. The first-order valence-electron chi connectivity index (χ1n) is 10.2. The summed E-state index contributed by atoms with van der Waals surface area (Å²) in [4.78, 5) is 15.0. The minimum absolute atomic E-state index is 0.0709. The van der Waals surface area contributed by atoms with Crippen LogP contribution in [0.25, 0.3) is 5.69 Å². The van der Waals surface area contributed by atoms with E-state index in [-0.39, 0.29) is 11.9 Å². The molecule has 0 radical (unpaired) electrons. The van der Waals surface area contributed by atoms with E-state index < -0.39 is 6.10 Å². The highest BCUT2D eigenvalue weighted by molar-refractivity contribution is 5.83. The Morgan fingerprint density at radius 2 is 2.00 bits per heavy atom. The van der Waals surface area contributed by atoms with Crippen molar-refractivity contribution in [3.8, 4) is 11.4 Å². The molecule has 0 bridgehead atoms. The lowest BCUT2D eigenvalue weighted by atomic mass is 10.1. The first-order valence-corrected chi connectivity index (χ1v) is 10.2. The van der Waals surface area contributed by atoms with E-state index in [0.29, 0.717) is 26.3 Å². The second kappa shape index (κ2) is 8.20. The molecular formula is C23H24N4O3. The summed E-state index contributed by atoms with van der Waals surface area (Å²) in [6, 6.07) is 18.2. The normalized spacial score (nSPS) is 20.5. The minimum atomic E-state index is -0.552. The van der Waals surface area contributed by atoms with Gasteiger partial charge in [0.2, 0.25) is 0 Å². The summed E-state index contributed by atoms with van der Waals surface area (Å²) in [5.74, 6) is 0.652. The molecule has 30 heavy (non-hydrogen) atoms. The van der Waals surface area contributed by atoms with Crippen LogP contribution in [0.3, 0.4) is 0 Å². The van der Waals surface area contributed by atoms with Crippen molar-refractivity contribution in [2.75, 3.05) is 24.7 Å². The second-order valence-electron chi connectivity index (χ2n) is 7.64. The van der Waals surface area contributed by atoms with Gasteiger partial charge in [-0.2, -0.15) is 5.10 Å². The lowest BCUT2D eigenvalue weighted by molar-refractivity contribution is -0.128. The predicted molar refractivity (Wildman–Crippen MR) is 113 cm³/mol. The van der Waals surface area contributed by atoms with Crippen LogP contribution < -0.4 is 15.0 Å². The number of rotatable bonds is 5. The lowest BCUT2D eigenvalue weighted by Gasteiger charge is -2.36. The Morgan fingerprint density at radius 1 is 1.13 bits per heavy atom. The molecule has 1 N–H and O–H groups in total. The second-order valence-corrected chi connectivity index (χ2v) is 7.64. The van der Waals surface area contributed by atoms with E-state index in [4.69, 9.17) is 9.47 Å². The Bertz CT molecular complexity index is 998. The molecule has 2 aliphatic heterocycles. The van der Waals surface area contributed by atoms with Gasteiger partial charge in [-0.05, 0) is 42.3 Å². The molecule has 3 aromatic rings. The SMILES string of the molecule is O=C(NC1CCOC1)C1CN(Cc2ccc(-n3cccn3)cc2)c2ccccc2O1.